The number of ether oxygens (including phenoxy) is 2. The zero-order valence-electron chi connectivity index (χ0n) is 17.6. The van der Waals surface area contributed by atoms with Crippen LogP contribution in [0.4, 0.5) is 14.9 Å². The van der Waals surface area contributed by atoms with Crippen LogP contribution in [0, 0.1) is 5.82 Å². The molecule has 0 aromatic heterocycles. The molecule has 0 atom stereocenters. The van der Waals surface area contributed by atoms with Crippen molar-refractivity contribution in [2.45, 2.75) is 6.92 Å². The summed E-state index contributed by atoms with van der Waals surface area (Å²) in [6, 6.07) is 8.72. The van der Waals surface area contributed by atoms with Gasteiger partial charge in [0.2, 0.25) is 5.91 Å². The summed E-state index contributed by atoms with van der Waals surface area (Å²) >= 11 is 4.17. The highest BCUT2D eigenvalue weighted by Crippen LogP contribution is 2.38. The minimum atomic E-state index is -0.618. The predicted octanol–water partition coefficient (Wildman–Crippen LogP) is 5.23. The summed E-state index contributed by atoms with van der Waals surface area (Å²) < 4.78 is 25.1. The first-order valence-corrected chi connectivity index (χ1v) is 11.4. The van der Waals surface area contributed by atoms with Gasteiger partial charge >= 0.3 is 0 Å². The summed E-state index contributed by atoms with van der Waals surface area (Å²) in [6.45, 7) is 5.66. The summed E-state index contributed by atoms with van der Waals surface area (Å²) in [5.41, 5.74) is 0.827. The summed E-state index contributed by atoms with van der Waals surface area (Å²) in [5, 5.41) is 1.89. The summed E-state index contributed by atoms with van der Waals surface area (Å²) in [7, 11) is 0. The fourth-order valence-corrected chi connectivity index (χ4v) is 4.15. The molecule has 0 spiro atoms. The lowest BCUT2D eigenvalue weighted by atomic mass is 10.1. The number of thioether (sulfide) groups is 1. The van der Waals surface area contributed by atoms with E-state index in [4.69, 9.17) is 9.47 Å². The van der Waals surface area contributed by atoms with Gasteiger partial charge in [-0.05, 0) is 60.7 Å². The van der Waals surface area contributed by atoms with Crippen LogP contribution in [0.3, 0.4) is 0 Å². The second kappa shape index (κ2) is 11.2. The van der Waals surface area contributed by atoms with Crippen LogP contribution >= 0.6 is 27.7 Å². The fourth-order valence-electron chi connectivity index (χ4n) is 2.88. The van der Waals surface area contributed by atoms with Crippen molar-refractivity contribution in [2.24, 2.45) is 0 Å². The average molecular weight is 535 g/mol. The van der Waals surface area contributed by atoms with Gasteiger partial charge in [-0.25, -0.2) is 4.39 Å². The Bertz CT molecular complexity index is 1140. The largest absolute Gasteiger partial charge is 0.490 e. The molecule has 2 aromatic rings. The molecule has 33 heavy (non-hydrogen) atoms. The Morgan fingerprint density at radius 3 is 2.70 bits per heavy atom. The second-order valence-corrected chi connectivity index (χ2v) is 8.53. The lowest BCUT2D eigenvalue weighted by Gasteiger charge is -2.13. The maximum Gasteiger partial charge on any atom is 0.294 e. The number of carbonyl (C=O) groups excluding carboxylic acids is 3. The van der Waals surface area contributed by atoms with Crippen LogP contribution in [0.1, 0.15) is 12.5 Å². The van der Waals surface area contributed by atoms with Gasteiger partial charge in [0.25, 0.3) is 11.1 Å². The molecule has 2 aromatic carbocycles. The smallest absolute Gasteiger partial charge is 0.294 e. The van der Waals surface area contributed by atoms with Crippen molar-refractivity contribution in [2.75, 3.05) is 25.1 Å². The van der Waals surface area contributed by atoms with Gasteiger partial charge in [-0.1, -0.05) is 34.7 Å². The number of rotatable bonds is 9. The zero-order chi connectivity index (χ0) is 24.0. The Hall–Kier alpha value is -3.11. The number of benzene rings is 2. The molecule has 0 unspecified atom stereocenters. The molecule has 1 aliphatic rings. The maximum atomic E-state index is 13.3. The molecule has 0 saturated carbocycles. The van der Waals surface area contributed by atoms with Gasteiger partial charge in [-0.15, -0.1) is 0 Å². The van der Waals surface area contributed by atoms with Crippen LogP contribution in [0.2, 0.25) is 0 Å². The third-order valence-corrected chi connectivity index (χ3v) is 5.88. The highest BCUT2D eigenvalue weighted by molar-refractivity contribution is 9.10. The van der Waals surface area contributed by atoms with E-state index in [0.717, 1.165) is 22.7 Å². The quantitative estimate of drug-likeness (QED) is 0.350. The third-order valence-electron chi connectivity index (χ3n) is 4.29. The highest BCUT2D eigenvalue weighted by atomic mass is 79.9. The van der Waals surface area contributed by atoms with Crippen molar-refractivity contribution in [3.63, 3.8) is 0 Å². The average Bonchev–Trinajstić information content (AvgIpc) is 3.02. The van der Waals surface area contributed by atoms with E-state index in [9.17, 15) is 18.8 Å². The lowest BCUT2D eigenvalue weighted by Crippen LogP contribution is -2.36. The summed E-state index contributed by atoms with van der Waals surface area (Å²) in [6.07, 6.45) is 3.15. The molecular formula is C23H20BrFN2O5S. The maximum absolute atomic E-state index is 13.3. The van der Waals surface area contributed by atoms with E-state index in [1.54, 1.807) is 24.3 Å². The zero-order valence-corrected chi connectivity index (χ0v) is 20.0. The van der Waals surface area contributed by atoms with Gasteiger partial charge in [0, 0.05) is 10.2 Å². The van der Waals surface area contributed by atoms with Gasteiger partial charge in [0.05, 0.1) is 11.5 Å². The van der Waals surface area contributed by atoms with E-state index < -0.39 is 29.4 Å². The minimum Gasteiger partial charge on any atom is -0.490 e. The highest BCUT2D eigenvalue weighted by Gasteiger charge is 2.36. The number of amides is 3. The molecule has 7 nitrogen and oxygen atoms in total. The van der Waals surface area contributed by atoms with E-state index in [-0.39, 0.29) is 10.6 Å². The number of imide groups is 1. The van der Waals surface area contributed by atoms with Crippen molar-refractivity contribution in [1.82, 2.24) is 4.90 Å². The van der Waals surface area contributed by atoms with E-state index in [1.807, 2.05) is 6.92 Å². The number of hydrogen-bond acceptors (Lipinski definition) is 6. The van der Waals surface area contributed by atoms with Crippen molar-refractivity contribution >= 4 is 56.5 Å². The molecule has 3 amide bonds. The van der Waals surface area contributed by atoms with E-state index >= 15 is 0 Å². The summed E-state index contributed by atoms with van der Waals surface area (Å²) in [5.74, 6) is -0.755. The Balaban J connectivity index is 1.77. The third kappa shape index (κ3) is 6.23. The van der Waals surface area contributed by atoms with Gasteiger partial charge in [0.1, 0.15) is 19.0 Å². The number of nitrogens with zero attached hydrogens (tertiary/aromatic N) is 1. The molecule has 1 heterocycles. The first kappa shape index (κ1) is 24.5. The molecule has 1 fully saturated rings. The first-order valence-electron chi connectivity index (χ1n) is 9.83. The van der Waals surface area contributed by atoms with Crippen molar-refractivity contribution in [1.29, 1.82) is 0 Å². The van der Waals surface area contributed by atoms with Crippen molar-refractivity contribution in [3.8, 4) is 11.5 Å². The molecule has 3 rings (SSSR count). The molecule has 10 heteroatoms. The molecule has 0 aliphatic carbocycles. The van der Waals surface area contributed by atoms with Gasteiger partial charge < -0.3 is 14.8 Å². The topological polar surface area (TPSA) is 84.9 Å². The van der Waals surface area contributed by atoms with Crippen molar-refractivity contribution < 1.29 is 28.2 Å². The summed E-state index contributed by atoms with van der Waals surface area (Å²) in [4.78, 5) is 38.4. The minimum absolute atomic E-state index is 0.154. The van der Waals surface area contributed by atoms with Crippen LogP contribution in [0.25, 0.3) is 6.08 Å². The predicted molar refractivity (Wildman–Crippen MR) is 129 cm³/mol. The van der Waals surface area contributed by atoms with E-state index in [0.29, 0.717) is 34.7 Å². The second-order valence-electron chi connectivity index (χ2n) is 6.68. The molecule has 0 radical (unpaired) electrons. The van der Waals surface area contributed by atoms with Crippen molar-refractivity contribution in [3.05, 3.63) is 69.8 Å². The van der Waals surface area contributed by atoms with E-state index in [2.05, 4.69) is 27.8 Å². The molecule has 172 valence electrons. The molecule has 1 saturated heterocycles. The monoisotopic (exact) mass is 534 g/mol. The van der Waals surface area contributed by atoms with E-state index in [1.165, 1.54) is 18.2 Å². The molecule has 0 bridgehead atoms. The number of halogens is 2. The normalized spacial score (nSPS) is 14.5. The van der Waals surface area contributed by atoms with Crippen LogP contribution in [0.15, 0.2) is 58.4 Å². The molecule has 1 aliphatic heterocycles. The van der Waals surface area contributed by atoms with Crippen LogP contribution in [0.5, 0.6) is 11.5 Å². The lowest BCUT2D eigenvalue weighted by molar-refractivity contribution is -0.127. The Morgan fingerprint density at radius 2 is 2.00 bits per heavy atom. The number of carbonyl (C=O) groups is 3. The van der Waals surface area contributed by atoms with Crippen LogP contribution < -0.4 is 14.8 Å². The number of nitrogens with one attached hydrogen (secondary N) is 1. The SMILES string of the molecule is C=CCOc1cc(Br)c(/C=C2/SC(=O)N(CC(=O)Nc3cccc(F)c3)C2=O)cc1OCC. The van der Waals surface area contributed by atoms with Crippen LogP contribution in [-0.4, -0.2) is 41.7 Å². The fraction of sp³-hybridized carbons (Fsp3) is 0.174. The standard InChI is InChI=1S/C23H20BrFN2O5S/c1-3-8-32-19-12-17(24)14(9-18(19)31-4-2)10-20-22(29)27(23(30)33-20)13-21(28)26-16-7-5-6-15(25)11-16/h3,5-7,9-12H,1,4,8,13H2,2H3,(H,26,28)/b20-10+. The molecular weight excluding hydrogens is 515 g/mol. The van der Waals surface area contributed by atoms with Crippen LogP contribution in [-0.2, 0) is 9.59 Å². The number of hydrogen-bond donors (Lipinski definition) is 1. The Kier molecular flexibility index (Phi) is 8.29. The van der Waals surface area contributed by atoms with Gasteiger partial charge in [-0.2, -0.15) is 0 Å². The Morgan fingerprint density at radius 1 is 1.24 bits per heavy atom. The van der Waals surface area contributed by atoms with Gasteiger partial charge in [0.15, 0.2) is 11.5 Å². The Labute approximate surface area is 202 Å². The van der Waals surface area contributed by atoms with Gasteiger partial charge in [-0.3, -0.25) is 19.3 Å². The number of anilines is 1. The molecule has 1 N–H and O–H groups in total. The first-order chi connectivity index (χ1) is 15.8.